The highest BCUT2D eigenvalue weighted by atomic mass is 32.1. The number of nitrogens with zero attached hydrogens (tertiary/aromatic N) is 2. The van der Waals surface area contributed by atoms with Gasteiger partial charge in [0.15, 0.2) is 0 Å². The Bertz CT molecular complexity index is 718. The first kappa shape index (κ1) is 15.4. The Morgan fingerprint density at radius 3 is 2.86 bits per heavy atom. The maximum Gasteiger partial charge on any atom is 0.202 e. The third-order valence-electron chi connectivity index (χ3n) is 3.28. The number of thiophene rings is 1. The average Bonchev–Trinajstić information content (AvgIpc) is 3.10. The summed E-state index contributed by atoms with van der Waals surface area (Å²) in [7, 11) is 0. The summed E-state index contributed by atoms with van der Waals surface area (Å²) >= 11 is 2.99. The van der Waals surface area contributed by atoms with Crippen LogP contribution in [-0.2, 0) is 6.42 Å². The zero-order valence-corrected chi connectivity index (χ0v) is 14.2. The van der Waals surface area contributed by atoms with E-state index in [2.05, 4.69) is 46.7 Å². The highest BCUT2D eigenvalue weighted by Crippen LogP contribution is 2.30. The van der Waals surface area contributed by atoms with Crippen molar-refractivity contribution < 1.29 is 5.11 Å². The first-order chi connectivity index (χ1) is 10.6. The molecule has 0 aliphatic carbocycles. The molecule has 0 radical (unpaired) electrons. The summed E-state index contributed by atoms with van der Waals surface area (Å²) in [6, 6.07) is 10.2. The van der Waals surface area contributed by atoms with Crippen molar-refractivity contribution in [2.75, 3.05) is 11.9 Å². The number of fused-ring (bicyclic) bond motifs is 1. The molecule has 2 N–H and O–H groups in total. The summed E-state index contributed by atoms with van der Waals surface area (Å²) in [4.78, 5) is 5.42. The van der Waals surface area contributed by atoms with Crippen LogP contribution in [0.1, 0.15) is 30.7 Å². The second-order valence-corrected chi connectivity index (χ2v) is 7.56. The Kier molecular flexibility index (Phi) is 4.71. The Hall–Kier alpha value is -1.50. The van der Waals surface area contributed by atoms with Gasteiger partial charge < -0.3 is 10.4 Å². The van der Waals surface area contributed by atoms with Gasteiger partial charge in [-0.25, -0.2) is 4.98 Å². The summed E-state index contributed by atoms with van der Waals surface area (Å²) < 4.78 is 5.53. The topological polar surface area (TPSA) is 58.0 Å². The third kappa shape index (κ3) is 3.63. The molecule has 0 saturated heterocycles. The molecule has 0 aliphatic heterocycles. The fraction of sp³-hybridized carbons (Fsp3) is 0.375. The number of benzene rings is 1. The van der Waals surface area contributed by atoms with Crippen LogP contribution in [0.3, 0.4) is 0 Å². The van der Waals surface area contributed by atoms with Crippen molar-refractivity contribution in [2.45, 2.75) is 26.4 Å². The van der Waals surface area contributed by atoms with Gasteiger partial charge in [0.2, 0.25) is 5.13 Å². The Labute approximate surface area is 138 Å². The molecule has 0 spiro atoms. The summed E-state index contributed by atoms with van der Waals surface area (Å²) in [6.45, 7) is 4.75. The van der Waals surface area contributed by atoms with Crippen LogP contribution in [0.15, 0.2) is 30.3 Å². The summed E-state index contributed by atoms with van der Waals surface area (Å²) in [5.74, 6) is 1.42. The number of aliphatic hydroxyl groups is 1. The lowest BCUT2D eigenvalue weighted by atomic mass is 10.1. The molecule has 4 nitrogen and oxygen atoms in total. The van der Waals surface area contributed by atoms with Crippen molar-refractivity contribution in [1.82, 2.24) is 9.36 Å². The summed E-state index contributed by atoms with van der Waals surface area (Å²) in [5.41, 5.74) is 0. The van der Waals surface area contributed by atoms with Crippen LogP contribution >= 0.6 is 22.9 Å². The minimum Gasteiger partial charge on any atom is -0.386 e. The Morgan fingerprint density at radius 2 is 2.09 bits per heavy atom. The predicted octanol–water partition coefficient (Wildman–Crippen LogP) is 4.10. The normalized spacial score (nSPS) is 12.9. The van der Waals surface area contributed by atoms with Crippen molar-refractivity contribution >= 4 is 38.1 Å². The zero-order chi connectivity index (χ0) is 15.5. The molecule has 1 aromatic carbocycles. The van der Waals surface area contributed by atoms with E-state index in [1.807, 2.05) is 12.1 Å². The van der Waals surface area contributed by atoms with Gasteiger partial charge in [-0.15, -0.1) is 11.3 Å². The standard InChI is InChI=1S/C16H19N3OS2/c1-10(2)7-15-18-16(22-19-15)17-9-12(20)14-8-11-5-3-4-6-13(11)21-14/h3-6,8,10,12,20H,7,9H2,1-2H3,(H,17,18,19). The summed E-state index contributed by atoms with van der Waals surface area (Å²) in [5, 5.41) is 15.5. The molecule has 0 aliphatic rings. The fourth-order valence-electron chi connectivity index (χ4n) is 2.23. The maximum absolute atomic E-state index is 10.3. The molecule has 3 aromatic rings. The van der Waals surface area contributed by atoms with Crippen LogP contribution in [0.2, 0.25) is 0 Å². The zero-order valence-electron chi connectivity index (χ0n) is 12.6. The van der Waals surface area contributed by atoms with Crippen LogP contribution in [0.5, 0.6) is 0 Å². The van der Waals surface area contributed by atoms with Crippen molar-refractivity contribution in [3.05, 3.63) is 41.0 Å². The second kappa shape index (κ2) is 6.73. The van der Waals surface area contributed by atoms with Crippen LogP contribution in [0.4, 0.5) is 5.13 Å². The first-order valence-corrected chi connectivity index (χ1v) is 8.94. The van der Waals surface area contributed by atoms with E-state index < -0.39 is 6.10 Å². The number of aliphatic hydroxyl groups excluding tert-OH is 1. The van der Waals surface area contributed by atoms with E-state index >= 15 is 0 Å². The first-order valence-electron chi connectivity index (χ1n) is 7.35. The van der Waals surface area contributed by atoms with E-state index in [-0.39, 0.29) is 0 Å². The minimum absolute atomic E-state index is 0.448. The molecular formula is C16H19N3OS2. The van der Waals surface area contributed by atoms with Crippen molar-refractivity contribution in [1.29, 1.82) is 0 Å². The van der Waals surface area contributed by atoms with Gasteiger partial charge in [0, 0.05) is 34.1 Å². The van der Waals surface area contributed by atoms with E-state index in [0.29, 0.717) is 12.5 Å². The molecule has 22 heavy (non-hydrogen) atoms. The number of anilines is 1. The highest BCUT2D eigenvalue weighted by molar-refractivity contribution is 7.19. The van der Waals surface area contributed by atoms with Gasteiger partial charge in [0.05, 0.1) is 0 Å². The molecular weight excluding hydrogens is 314 g/mol. The average molecular weight is 333 g/mol. The number of rotatable bonds is 6. The number of hydrogen-bond donors (Lipinski definition) is 2. The summed E-state index contributed by atoms with van der Waals surface area (Å²) in [6.07, 6.45) is 0.353. The van der Waals surface area contributed by atoms with Crippen molar-refractivity contribution in [2.24, 2.45) is 5.92 Å². The smallest absolute Gasteiger partial charge is 0.202 e. The minimum atomic E-state index is -0.533. The lowest BCUT2D eigenvalue weighted by Gasteiger charge is -2.08. The third-order valence-corrected chi connectivity index (χ3v) is 5.21. The number of aromatic nitrogens is 2. The van der Waals surface area contributed by atoms with Gasteiger partial charge in [-0.2, -0.15) is 4.37 Å². The van der Waals surface area contributed by atoms with E-state index in [4.69, 9.17) is 0 Å². The van der Waals surface area contributed by atoms with E-state index in [0.717, 1.165) is 22.3 Å². The SMILES string of the molecule is CC(C)Cc1nsc(NCC(O)c2cc3ccccc3s2)n1. The number of nitrogens with one attached hydrogen (secondary N) is 1. The van der Waals surface area contributed by atoms with Crippen molar-refractivity contribution in [3.8, 4) is 0 Å². The van der Waals surface area contributed by atoms with E-state index in [1.165, 1.54) is 21.6 Å². The largest absolute Gasteiger partial charge is 0.386 e. The highest BCUT2D eigenvalue weighted by Gasteiger charge is 2.13. The van der Waals surface area contributed by atoms with Gasteiger partial charge in [-0.1, -0.05) is 32.0 Å². The van der Waals surface area contributed by atoms with Gasteiger partial charge in [-0.3, -0.25) is 0 Å². The maximum atomic E-state index is 10.3. The van der Waals surface area contributed by atoms with Crippen LogP contribution < -0.4 is 5.32 Å². The second-order valence-electron chi connectivity index (χ2n) is 5.70. The van der Waals surface area contributed by atoms with E-state index in [1.54, 1.807) is 11.3 Å². The molecule has 3 rings (SSSR count). The molecule has 116 valence electrons. The predicted molar refractivity (Wildman–Crippen MR) is 93.7 cm³/mol. The fourth-order valence-corrected chi connectivity index (χ4v) is 3.88. The van der Waals surface area contributed by atoms with Gasteiger partial charge in [-0.05, 0) is 23.4 Å². The molecule has 2 heterocycles. The Balaban J connectivity index is 1.61. The molecule has 0 saturated carbocycles. The molecule has 2 aromatic heterocycles. The lowest BCUT2D eigenvalue weighted by molar-refractivity contribution is 0.195. The van der Waals surface area contributed by atoms with Crippen molar-refractivity contribution in [3.63, 3.8) is 0 Å². The van der Waals surface area contributed by atoms with Gasteiger partial charge >= 0.3 is 0 Å². The lowest BCUT2D eigenvalue weighted by Crippen LogP contribution is -2.10. The van der Waals surface area contributed by atoms with Crippen LogP contribution in [0, 0.1) is 5.92 Å². The molecule has 0 amide bonds. The molecule has 1 unspecified atom stereocenters. The molecule has 0 bridgehead atoms. The molecule has 6 heteroatoms. The van der Waals surface area contributed by atoms with Crippen LogP contribution in [-0.4, -0.2) is 21.0 Å². The molecule has 0 fully saturated rings. The van der Waals surface area contributed by atoms with E-state index in [9.17, 15) is 5.11 Å². The van der Waals surface area contributed by atoms with Crippen LogP contribution in [0.25, 0.3) is 10.1 Å². The quantitative estimate of drug-likeness (QED) is 0.713. The Morgan fingerprint density at radius 1 is 1.27 bits per heavy atom. The number of hydrogen-bond acceptors (Lipinski definition) is 6. The van der Waals surface area contributed by atoms with Gasteiger partial charge in [0.25, 0.3) is 0 Å². The monoisotopic (exact) mass is 333 g/mol. The molecule has 1 atom stereocenters. The van der Waals surface area contributed by atoms with Gasteiger partial charge in [0.1, 0.15) is 11.9 Å².